The van der Waals surface area contributed by atoms with Gasteiger partial charge >= 0.3 is 0 Å². The van der Waals surface area contributed by atoms with Crippen LogP contribution in [0, 0.1) is 11.3 Å². The predicted octanol–water partition coefficient (Wildman–Crippen LogP) is 5.19. The molecule has 0 saturated heterocycles. The number of nitrogens with one attached hydrogen (secondary N) is 1. The van der Waals surface area contributed by atoms with Crippen LogP contribution in [0.4, 0.5) is 11.4 Å². The fourth-order valence-corrected chi connectivity index (χ4v) is 3.29. The summed E-state index contributed by atoms with van der Waals surface area (Å²) in [6.45, 7) is 10.2. The Morgan fingerprint density at radius 3 is 2.00 bits per heavy atom. The number of hydrogen-bond donors (Lipinski definition) is 1. The fourth-order valence-electron chi connectivity index (χ4n) is 3.29. The van der Waals surface area contributed by atoms with Crippen LogP contribution in [0.15, 0.2) is 42.5 Å². The molecule has 0 spiro atoms. The summed E-state index contributed by atoms with van der Waals surface area (Å²) in [6.07, 6.45) is 0.184. The van der Waals surface area contributed by atoms with Crippen LogP contribution in [0.5, 0.6) is 0 Å². The molecule has 2 aromatic rings. The van der Waals surface area contributed by atoms with Gasteiger partial charge in [0.2, 0.25) is 11.8 Å². The molecule has 1 N–H and O–H groups in total. The van der Waals surface area contributed by atoms with E-state index in [9.17, 15) is 9.59 Å². The van der Waals surface area contributed by atoms with Crippen LogP contribution in [-0.4, -0.2) is 18.4 Å². The van der Waals surface area contributed by atoms with Crippen LogP contribution in [0.2, 0.25) is 0 Å². The van der Waals surface area contributed by atoms with Crippen molar-refractivity contribution in [2.75, 3.05) is 16.8 Å². The van der Waals surface area contributed by atoms with Crippen LogP contribution in [-0.2, 0) is 9.59 Å². The molecule has 0 unspecified atom stereocenters. The number of anilines is 2. The van der Waals surface area contributed by atoms with E-state index in [1.165, 1.54) is 6.92 Å². The second-order valence-corrected chi connectivity index (χ2v) is 7.75. The van der Waals surface area contributed by atoms with E-state index in [0.29, 0.717) is 11.3 Å². The highest BCUT2D eigenvalue weighted by molar-refractivity contribution is 5.95. The average molecular weight is 392 g/mol. The molecule has 2 amide bonds. The van der Waals surface area contributed by atoms with E-state index < -0.39 is 0 Å². The molecule has 152 valence electrons. The van der Waals surface area contributed by atoms with Gasteiger partial charge in [-0.1, -0.05) is 45.9 Å². The molecular weight excluding hydrogens is 362 g/mol. The molecule has 5 nitrogen and oxygen atoms in total. The summed E-state index contributed by atoms with van der Waals surface area (Å²) in [5.74, 6) is 0.306. The summed E-state index contributed by atoms with van der Waals surface area (Å²) >= 11 is 0. The number of carbonyl (C=O) groups is 2. The predicted molar refractivity (Wildman–Crippen MR) is 117 cm³/mol. The van der Waals surface area contributed by atoms with Gasteiger partial charge in [0.1, 0.15) is 0 Å². The lowest BCUT2D eigenvalue weighted by atomic mass is 9.92. The molecule has 0 radical (unpaired) electrons. The van der Waals surface area contributed by atoms with E-state index in [-0.39, 0.29) is 36.6 Å². The number of nitriles is 1. The molecule has 2 aromatic carbocycles. The Morgan fingerprint density at radius 2 is 1.55 bits per heavy atom. The molecule has 0 heterocycles. The number of para-hydroxylation sites is 1. The zero-order valence-corrected chi connectivity index (χ0v) is 17.8. The quantitative estimate of drug-likeness (QED) is 0.706. The third-order valence-electron chi connectivity index (χ3n) is 4.89. The van der Waals surface area contributed by atoms with Crippen molar-refractivity contribution in [1.82, 2.24) is 0 Å². The molecule has 0 atom stereocenters. The highest BCUT2D eigenvalue weighted by Gasteiger charge is 2.18. The first kappa shape index (κ1) is 22.2. The standard InChI is InChI=1S/C24H29N3O2/c1-16(2)21-7-6-8-22(17(3)4)24(21)26-23(29)13-14-27(18(5)28)20-11-9-19(15-25)10-12-20/h6-12,16-17H,13-14H2,1-5H3,(H,26,29). The first-order valence-electron chi connectivity index (χ1n) is 9.95. The van der Waals surface area contributed by atoms with Gasteiger partial charge in [-0.05, 0) is 47.2 Å². The van der Waals surface area contributed by atoms with Crippen molar-refractivity contribution in [3.8, 4) is 6.07 Å². The minimum absolute atomic E-state index is 0.125. The Labute approximate surface area is 173 Å². The summed E-state index contributed by atoms with van der Waals surface area (Å²) in [7, 11) is 0. The first-order chi connectivity index (χ1) is 13.7. The van der Waals surface area contributed by atoms with Gasteiger partial charge in [-0.2, -0.15) is 5.26 Å². The molecule has 0 aliphatic heterocycles. The molecule has 5 heteroatoms. The van der Waals surface area contributed by atoms with Crippen LogP contribution >= 0.6 is 0 Å². The summed E-state index contributed by atoms with van der Waals surface area (Å²) in [5.41, 5.74) is 4.31. The number of rotatable bonds is 7. The van der Waals surface area contributed by atoms with Crippen LogP contribution < -0.4 is 10.2 Å². The van der Waals surface area contributed by atoms with Gasteiger partial charge in [0.05, 0.1) is 11.6 Å². The van der Waals surface area contributed by atoms with Crippen LogP contribution in [0.25, 0.3) is 0 Å². The van der Waals surface area contributed by atoms with Crippen molar-refractivity contribution in [3.05, 3.63) is 59.2 Å². The summed E-state index contributed by atoms with van der Waals surface area (Å²) in [4.78, 5) is 26.4. The SMILES string of the molecule is CC(=O)N(CCC(=O)Nc1c(C(C)C)cccc1C(C)C)c1ccc(C#N)cc1. The maximum atomic E-state index is 12.7. The molecular formula is C24H29N3O2. The van der Waals surface area contributed by atoms with Crippen LogP contribution in [0.3, 0.4) is 0 Å². The maximum Gasteiger partial charge on any atom is 0.226 e. The molecule has 0 saturated carbocycles. The molecule has 0 aliphatic rings. The van der Waals surface area contributed by atoms with E-state index >= 15 is 0 Å². The molecule has 0 bridgehead atoms. The zero-order valence-electron chi connectivity index (χ0n) is 17.8. The van der Waals surface area contributed by atoms with Gasteiger partial charge in [0.25, 0.3) is 0 Å². The van der Waals surface area contributed by atoms with E-state index in [0.717, 1.165) is 16.8 Å². The summed E-state index contributed by atoms with van der Waals surface area (Å²) < 4.78 is 0. The highest BCUT2D eigenvalue weighted by Crippen LogP contribution is 2.32. The molecule has 0 aromatic heterocycles. The Morgan fingerprint density at radius 1 is 1.00 bits per heavy atom. The Balaban J connectivity index is 2.16. The van der Waals surface area contributed by atoms with Gasteiger partial charge in [-0.3, -0.25) is 9.59 Å². The largest absolute Gasteiger partial charge is 0.326 e. The van der Waals surface area contributed by atoms with Crippen molar-refractivity contribution in [3.63, 3.8) is 0 Å². The summed E-state index contributed by atoms with van der Waals surface area (Å²) in [5, 5.41) is 12.0. The number of carbonyl (C=O) groups excluding carboxylic acids is 2. The minimum Gasteiger partial charge on any atom is -0.326 e. The van der Waals surface area contributed by atoms with Crippen molar-refractivity contribution >= 4 is 23.2 Å². The van der Waals surface area contributed by atoms with Gasteiger partial charge in [0.15, 0.2) is 0 Å². The van der Waals surface area contributed by atoms with Crippen molar-refractivity contribution in [2.45, 2.75) is 52.9 Å². The third kappa shape index (κ3) is 5.68. The molecule has 0 fully saturated rings. The molecule has 0 aliphatic carbocycles. The lowest BCUT2D eigenvalue weighted by molar-refractivity contribution is -0.117. The number of nitrogens with zero attached hydrogens (tertiary/aromatic N) is 2. The smallest absolute Gasteiger partial charge is 0.226 e. The van der Waals surface area contributed by atoms with E-state index in [1.807, 2.05) is 18.2 Å². The van der Waals surface area contributed by atoms with Crippen molar-refractivity contribution in [1.29, 1.82) is 5.26 Å². The lowest BCUT2D eigenvalue weighted by Crippen LogP contribution is -2.32. The van der Waals surface area contributed by atoms with E-state index in [1.54, 1.807) is 29.2 Å². The minimum atomic E-state index is -0.145. The summed E-state index contributed by atoms with van der Waals surface area (Å²) in [6, 6.07) is 15.0. The second-order valence-electron chi connectivity index (χ2n) is 7.75. The zero-order chi connectivity index (χ0) is 21.6. The van der Waals surface area contributed by atoms with Gasteiger partial charge in [0, 0.05) is 31.3 Å². The molecule has 2 rings (SSSR count). The highest BCUT2D eigenvalue weighted by atomic mass is 16.2. The number of benzene rings is 2. The maximum absolute atomic E-state index is 12.7. The van der Waals surface area contributed by atoms with Crippen molar-refractivity contribution in [2.24, 2.45) is 0 Å². The average Bonchev–Trinajstić information content (AvgIpc) is 2.68. The van der Waals surface area contributed by atoms with Crippen molar-refractivity contribution < 1.29 is 9.59 Å². The first-order valence-corrected chi connectivity index (χ1v) is 9.95. The monoisotopic (exact) mass is 391 g/mol. The Bertz CT molecular complexity index is 882. The molecule has 29 heavy (non-hydrogen) atoms. The van der Waals surface area contributed by atoms with Crippen LogP contribution in [0.1, 0.15) is 69.6 Å². The normalized spacial score (nSPS) is 10.7. The fraction of sp³-hybridized carbons (Fsp3) is 0.375. The Kier molecular flexibility index (Phi) is 7.55. The van der Waals surface area contributed by atoms with Gasteiger partial charge in [-0.15, -0.1) is 0 Å². The second kappa shape index (κ2) is 9.88. The van der Waals surface area contributed by atoms with Gasteiger partial charge in [-0.25, -0.2) is 0 Å². The van der Waals surface area contributed by atoms with Gasteiger partial charge < -0.3 is 10.2 Å². The van der Waals surface area contributed by atoms with E-state index in [2.05, 4.69) is 39.1 Å². The van der Waals surface area contributed by atoms with E-state index in [4.69, 9.17) is 5.26 Å². The topological polar surface area (TPSA) is 73.2 Å². The number of amides is 2. The third-order valence-corrected chi connectivity index (χ3v) is 4.89. The Hall–Kier alpha value is -3.13. The lowest BCUT2D eigenvalue weighted by Gasteiger charge is -2.23. The number of hydrogen-bond acceptors (Lipinski definition) is 3.